The normalized spacial score (nSPS) is 17.7. The zero-order chi connectivity index (χ0) is 18.5. The number of ether oxygens (including phenoxy) is 1. The third-order valence-electron chi connectivity index (χ3n) is 5.02. The first-order valence-corrected chi connectivity index (χ1v) is 9.62. The molecule has 0 aliphatic carbocycles. The van der Waals surface area contributed by atoms with Gasteiger partial charge in [-0.3, -0.25) is 4.90 Å². The number of hydrogen-bond acceptors (Lipinski definition) is 5. The summed E-state index contributed by atoms with van der Waals surface area (Å²) in [6, 6.07) is 14.2. The van der Waals surface area contributed by atoms with Crippen molar-refractivity contribution >= 4 is 0 Å². The number of nitrogens with zero attached hydrogens (tertiary/aromatic N) is 3. The molecule has 3 heterocycles. The molecule has 1 saturated heterocycles. The number of aromatic nitrogens is 2. The van der Waals surface area contributed by atoms with Gasteiger partial charge in [0.25, 0.3) is 0 Å². The molecule has 0 saturated carbocycles. The van der Waals surface area contributed by atoms with E-state index in [0.717, 1.165) is 48.2 Å². The number of piperidine rings is 1. The largest absolute Gasteiger partial charge is 0.494 e. The van der Waals surface area contributed by atoms with Crippen LogP contribution in [0.4, 0.5) is 0 Å². The summed E-state index contributed by atoms with van der Waals surface area (Å²) in [5.74, 6) is 3.26. The maximum atomic E-state index is 6.11. The van der Waals surface area contributed by atoms with Gasteiger partial charge < -0.3 is 9.15 Å². The van der Waals surface area contributed by atoms with Crippen molar-refractivity contribution in [3.05, 3.63) is 66.4 Å². The Morgan fingerprint density at radius 2 is 2.04 bits per heavy atom. The van der Waals surface area contributed by atoms with Gasteiger partial charge in [0, 0.05) is 29.9 Å². The molecule has 0 radical (unpaired) electrons. The van der Waals surface area contributed by atoms with Crippen molar-refractivity contribution in [2.24, 2.45) is 0 Å². The lowest BCUT2D eigenvalue weighted by molar-refractivity contribution is 0.185. The smallest absolute Gasteiger partial charge is 0.134 e. The Morgan fingerprint density at radius 1 is 1.15 bits per heavy atom. The summed E-state index contributed by atoms with van der Waals surface area (Å²) in [5, 5.41) is 0. The first-order chi connectivity index (χ1) is 13.3. The fraction of sp³-hybridized carbons (Fsp3) is 0.364. The zero-order valence-corrected chi connectivity index (χ0v) is 15.7. The number of benzene rings is 1. The molecule has 3 aromatic rings. The van der Waals surface area contributed by atoms with Gasteiger partial charge in [-0.15, -0.1) is 0 Å². The second kappa shape index (κ2) is 8.35. The van der Waals surface area contributed by atoms with E-state index in [9.17, 15) is 0 Å². The molecule has 27 heavy (non-hydrogen) atoms. The predicted molar refractivity (Wildman–Crippen MR) is 105 cm³/mol. The number of rotatable bonds is 6. The molecule has 1 atom stereocenters. The van der Waals surface area contributed by atoms with Gasteiger partial charge in [0.15, 0.2) is 0 Å². The highest BCUT2D eigenvalue weighted by molar-refractivity contribution is 5.58. The Hall–Kier alpha value is -2.66. The van der Waals surface area contributed by atoms with Gasteiger partial charge in [-0.05, 0) is 68.8 Å². The lowest BCUT2D eigenvalue weighted by atomic mass is 9.94. The van der Waals surface area contributed by atoms with Crippen LogP contribution in [0.15, 0.2) is 59.4 Å². The van der Waals surface area contributed by atoms with E-state index < -0.39 is 0 Å². The van der Waals surface area contributed by atoms with E-state index in [2.05, 4.69) is 27.0 Å². The van der Waals surface area contributed by atoms with Crippen molar-refractivity contribution in [3.8, 4) is 17.1 Å². The van der Waals surface area contributed by atoms with Crippen LogP contribution in [0.2, 0.25) is 0 Å². The maximum absolute atomic E-state index is 6.11. The summed E-state index contributed by atoms with van der Waals surface area (Å²) in [4.78, 5) is 10.9. The first-order valence-electron chi connectivity index (χ1n) is 9.62. The Kier molecular flexibility index (Phi) is 5.49. The Morgan fingerprint density at radius 3 is 2.81 bits per heavy atom. The highest BCUT2D eigenvalue weighted by Crippen LogP contribution is 2.28. The average molecular weight is 363 g/mol. The van der Waals surface area contributed by atoms with E-state index in [4.69, 9.17) is 9.15 Å². The Balaban J connectivity index is 1.40. The summed E-state index contributed by atoms with van der Waals surface area (Å²) in [5.41, 5.74) is 2.21. The number of furan rings is 1. The van der Waals surface area contributed by atoms with E-state index in [-0.39, 0.29) is 0 Å². The van der Waals surface area contributed by atoms with E-state index in [1.807, 2.05) is 43.5 Å². The average Bonchev–Trinajstić information content (AvgIpc) is 3.18. The molecule has 2 aromatic heterocycles. The lowest BCUT2D eigenvalue weighted by Crippen LogP contribution is -2.34. The number of hydrogen-bond donors (Lipinski definition) is 0. The molecule has 1 fully saturated rings. The molecule has 1 aliphatic heterocycles. The molecule has 4 rings (SSSR count). The third kappa shape index (κ3) is 4.37. The Bertz CT molecular complexity index is 846. The second-order valence-electron chi connectivity index (χ2n) is 6.93. The van der Waals surface area contributed by atoms with E-state index >= 15 is 0 Å². The fourth-order valence-corrected chi connectivity index (χ4v) is 3.70. The van der Waals surface area contributed by atoms with Crippen LogP contribution in [0, 0.1) is 0 Å². The van der Waals surface area contributed by atoms with Crippen molar-refractivity contribution in [1.82, 2.24) is 14.9 Å². The molecular weight excluding hydrogens is 338 g/mol. The predicted octanol–water partition coefficient (Wildman–Crippen LogP) is 4.51. The maximum Gasteiger partial charge on any atom is 0.134 e. The van der Waals surface area contributed by atoms with Crippen molar-refractivity contribution < 1.29 is 9.15 Å². The highest BCUT2D eigenvalue weighted by Gasteiger charge is 2.23. The van der Waals surface area contributed by atoms with Crippen LogP contribution in [0.1, 0.15) is 37.1 Å². The van der Waals surface area contributed by atoms with E-state index in [1.165, 1.54) is 12.8 Å². The SMILES string of the molecule is CCOc1ccc(-c2ccc(CN3CCC[C@H](c4ccncn4)C3)o2)cc1. The van der Waals surface area contributed by atoms with Gasteiger partial charge in [-0.1, -0.05) is 0 Å². The van der Waals surface area contributed by atoms with Crippen LogP contribution in [-0.2, 0) is 6.54 Å². The second-order valence-corrected chi connectivity index (χ2v) is 6.93. The van der Waals surface area contributed by atoms with Crippen LogP contribution < -0.4 is 4.74 Å². The van der Waals surface area contributed by atoms with Crippen LogP contribution in [0.25, 0.3) is 11.3 Å². The first kappa shape index (κ1) is 17.7. The van der Waals surface area contributed by atoms with Crippen molar-refractivity contribution in [2.75, 3.05) is 19.7 Å². The summed E-state index contributed by atoms with van der Waals surface area (Å²) in [6.07, 6.45) is 5.84. The summed E-state index contributed by atoms with van der Waals surface area (Å²) >= 11 is 0. The standard InChI is InChI=1S/C22H25N3O2/c1-2-26-19-7-5-17(6-8-19)22-10-9-20(27-22)15-25-13-3-4-18(14-25)21-11-12-23-16-24-21/h5-12,16,18H,2-4,13-15H2,1H3/t18-/m0/s1. The van der Waals surface area contributed by atoms with Gasteiger partial charge in [0.1, 0.15) is 23.6 Å². The fourth-order valence-electron chi connectivity index (χ4n) is 3.70. The molecule has 0 N–H and O–H groups in total. The quantitative estimate of drug-likeness (QED) is 0.645. The van der Waals surface area contributed by atoms with Crippen LogP contribution in [-0.4, -0.2) is 34.6 Å². The minimum atomic E-state index is 0.474. The van der Waals surface area contributed by atoms with Gasteiger partial charge in [-0.2, -0.15) is 0 Å². The number of likely N-dealkylation sites (tertiary alicyclic amines) is 1. The van der Waals surface area contributed by atoms with Crippen molar-refractivity contribution in [2.45, 2.75) is 32.2 Å². The molecule has 0 amide bonds. The molecular formula is C22H25N3O2. The van der Waals surface area contributed by atoms with Crippen LogP contribution in [0.3, 0.4) is 0 Å². The molecule has 0 bridgehead atoms. The van der Waals surface area contributed by atoms with E-state index in [0.29, 0.717) is 12.5 Å². The molecule has 1 aliphatic rings. The molecule has 5 nitrogen and oxygen atoms in total. The molecule has 140 valence electrons. The monoisotopic (exact) mass is 363 g/mol. The van der Waals surface area contributed by atoms with Crippen LogP contribution in [0.5, 0.6) is 5.75 Å². The summed E-state index contributed by atoms with van der Waals surface area (Å²) in [7, 11) is 0. The molecule has 1 aromatic carbocycles. The lowest BCUT2D eigenvalue weighted by Gasteiger charge is -2.31. The summed E-state index contributed by atoms with van der Waals surface area (Å²) < 4.78 is 11.6. The molecule has 0 spiro atoms. The highest BCUT2D eigenvalue weighted by atomic mass is 16.5. The van der Waals surface area contributed by atoms with E-state index in [1.54, 1.807) is 6.33 Å². The minimum Gasteiger partial charge on any atom is -0.494 e. The van der Waals surface area contributed by atoms with Crippen molar-refractivity contribution in [1.29, 1.82) is 0 Å². The van der Waals surface area contributed by atoms with Gasteiger partial charge >= 0.3 is 0 Å². The summed E-state index contributed by atoms with van der Waals surface area (Å²) in [6.45, 7) is 5.61. The molecule has 0 unspecified atom stereocenters. The Labute approximate surface area is 160 Å². The van der Waals surface area contributed by atoms with Crippen LogP contribution >= 0.6 is 0 Å². The zero-order valence-electron chi connectivity index (χ0n) is 15.7. The third-order valence-corrected chi connectivity index (χ3v) is 5.02. The topological polar surface area (TPSA) is 51.4 Å². The van der Waals surface area contributed by atoms with Crippen molar-refractivity contribution in [3.63, 3.8) is 0 Å². The van der Waals surface area contributed by atoms with Gasteiger partial charge in [0.2, 0.25) is 0 Å². The minimum absolute atomic E-state index is 0.474. The molecule has 5 heteroatoms. The van der Waals surface area contributed by atoms with Gasteiger partial charge in [-0.25, -0.2) is 9.97 Å². The van der Waals surface area contributed by atoms with Gasteiger partial charge in [0.05, 0.1) is 13.2 Å².